The molecule has 0 radical (unpaired) electrons. The molecular weight excluding hydrogens is 531 g/mol. The zero-order valence-corrected chi connectivity index (χ0v) is 22.2. The van der Waals surface area contributed by atoms with Crippen molar-refractivity contribution >= 4 is 16.7 Å². The van der Waals surface area contributed by atoms with E-state index in [1.165, 1.54) is 6.07 Å². The number of carbonyl (C=O) groups excluding carboxylic acids is 1. The van der Waals surface area contributed by atoms with E-state index in [2.05, 4.69) is 15.6 Å². The lowest BCUT2D eigenvalue weighted by Crippen LogP contribution is -2.40. The van der Waals surface area contributed by atoms with Crippen molar-refractivity contribution in [2.24, 2.45) is 5.92 Å². The Hall–Kier alpha value is -3.79. The molecule has 1 aromatic heterocycles. The summed E-state index contributed by atoms with van der Waals surface area (Å²) in [5.41, 5.74) is 3.19. The summed E-state index contributed by atoms with van der Waals surface area (Å²) < 4.78 is 46.0. The van der Waals surface area contributed by atoms with Gasteiger partial charge in [-0.3, -0.25) is 9.78 Å². The minimum atomic E-state index is -4.45. The number of aromatic nitrogens is 1. The number of piperidine rings is 1. The molecule has 2 aliphatic rings. The fraction of sp³-hybridized carbons (Fsp3) is 0.312. The van der Waals surface area contributed by atoms with E-state index in [0.29, 0.717) is 22.3 Å². The molecule has 1 aliphatic heterocycles. The van der Waals surface area contributed by atoms with Gasteiger partial charge in [-0.1, -0.05) is 42.5 Å². The number of carbonyl (C=O) groups is 1. The average Bonchev–Trinajstić information content (AvgIpc) is 3.28. The van der Waals surface area contributed by atoms with Crippen molar-refractivity contribution in [3.05, 3.63) is 95.2 Å². The zero-order chi connectivity index (χ0) is 28.6. The highest BCUT2D eigenvalue weighted by molar-refractivity contribution is 6.22. The second-order valence-corrected chi connectivity index (χ2v) is 10.6. The van der Waals surface area contributed by atoms with E-state index in [0.717, 1.165) is 54.8 Å². The lowest BCUT2D eigenvalue weighted by Gasteiger charge is -2.33. The van der Waals surface area contributed by atoms with Gasteiger partial charge in [0.25, 0.3) is 0 Å². The molecule has 0 spiro atoms. The fourth-order valence-electron chi connectivity index (χ4n) is 6.00. The van der Waals surface area contributed by atoms with E-state index >= 15 is 0 Å². The first-order chi connectivity index (χ1) is 19.8. The SMILES string of the molecule is O=C1c2ccccc2-c2c(OC[C@@H](O)CNC(c3ccnc4cc(C(F)(F)F)ccc34)C3CCNCC3)cccc21. The highest BCUT2D eigenvalue weighted by Gasteiger charge is 2.32. The number of aliphatic hydroxyl groups is 1. The number of benzene rings is 3. The Kier molecular flexibility index (Phi) is 7.50. The molecule has 0 amide bonds. The third kappa shape index (κ3) is 5.45. The van der Waals surface area contributed by atoms with E-state index in [1.807, 2.05) is 24.3 Å². The number of nitrogens with zero attached hydrogens (tertiary/aromatic N) is 1. The van der Waals surface area contributed by atoms with Crippen LogP contribution in [0.4, 0.5) is 13.2 Å². The second kappa shape index (κ2) is 11.2. The molecule has 2 heterocycles. The van der Waals surface area contributed by atoms with Crippen molar-refractivity contribution in [1.82, 2.24) is 15.6 Å². The molecular formula is C32H30F3N3O3. The second-order valence-electron chi connectivity index (χ2n) is 10.6. The molecule has 6 rings (SSSR count). The molecule has 41 heavy (non-hydrogen) atoms. The maximum absolute atomic E-state index is 13.3. The van der Waals surface area contributed by atoms with Gasteiger partial charge in [-0.2, -0.15) is 13.2 Å². The zero-order valence-electron chi connectivity index (χ0n) is 22.2. The van der Waals surface area contributed by atoms with Crippen LogP contribution in [0.25, 0.3) is 22.0 Å². The van der Waals surface area contributed by atoms with Crippen LogP contribution in [-0.2, 0) is 6.18 Å². The third-order valence-corrected chi connectivity index (χ3v) is 8.01. The summed E-state index contributed by atoms with van der Waals surface area (Å²) >= 11 is 0. The van der Waals surface area contributed by atoms with Crippen molar-refractivity contribution in [1.29, 1.82) is 0 Å². The Labute approximate surface area is 235 Å². The summed E-state index contributed by atoms with van der Waals surface area (Å²) in [4.78, 5) is 17.0. The molecule has 0 bridgehead atoms. The molecule has 1 fully saturated rings. The summed E-state index contributed by atoms with van der Waals surface area (Å²) in [6, 6.07) is 18.1. The van der Waals surface area contributed by atoms with Crippen molar-refractivity contribution in [3.63, 3.8) is 0 Å². The molecule has 1 unspecified atom stereocenters. The number of hydrogen-bond donors (Lipinski definition) is 3. The molecule has 0 saturated carbocycles. The normalized spacial score (nSPS) is 16.8. The predicted molar refractivity (Wildman–Crippen MR) is 150 cm³/mol. The molecule has 1 aliphatic carbocycles. The van der Waals surface area contributed by atoms with Gasteiger partial charge in [0.05, 0.1) is 11.1 Å². The summed E-state index contributed by atoms with van der Waals surface area (Å²) in [6.45, 7) is 1.90. The first kappa shape index (κ1) is 27.4. The molecule has 3 N–H and O–H groups in total. The van der Waals surface area contributed by atoms with Gasteiger partial charge in [0.2, 0.25) is 0 Å². The van der Waals surface area contributed by atoms with Crippen LogP contribution in [0.1, 0.15) is 45.9 Å². The third-order valence-electron chi connectivity index (χ3n) is 8.01. The topological polar surface area (TPSA) is 83.5 Å². The molecule has 4 aromatic rings. The van der Waals surface area contributed by atoms with E-state index in [4.69, 9.17) is 4.74 Å². The van der Waals surface area contributed by atoms with Crippen LogP contribution >= 0.6 is 0 Å². The number of ketones is 1. The van der Waals surface area contributed by atoms with Crippen LogP contribution in [0.3, 0.4) is 0 Å². The maximum Gasteiger partial charge on any atom is 0.416 e. The summed E-state index contributed by atoms with van der Waals surface area (Å²) in [6.07, 6.45) is -2.00. The van der Waals surface area contributed by atoms with Gasteiger partial charge >= 0.3 is 6.18 Å². The van der Waals surface area contributed by atoms with Gasteiger partial charge in [0.15, 0.2) is 5.78 Å². The Bertz CT molecular complexity index is 1580. The van der Waals surface area contributed by atoms with Crippen molar-refractivity contribution in [3.8, 4) is 16.9 Å². The van der Waals surface area contributed by atoms with E-state index in [-0.39, 0.29) is 36.4 Å². The number of alkyl halides is 3. The number of halogens is 3. The lowest BCUT2D eigenvalue weighted by atomic mass is 9.84. The number of rotatable bonds is 8. The van der Waals surface area contributed by atoms with E-state index in [1.54, 1.807) is 30.5 Å². The first-order valence-corrected chi connectivity index (χ1v) is 13.8. The van der Waals surface area contributed by atoms with E-state index < -0.39 is 17.8 Å². The number of nitrogens with one attached hydrogen (secondary N) is 2. The Morgan fingerprint density at radius 3 is 2.54 bits per heavy atom. The minimum absolute atomic E-state index is 0.00475. The smallest absolute Gasteiger partial charge is 0.416 e. The van der Waals surface area contributed by atoms with Gasteiger partial charge in [-0.25, -0.2) is 0 Å². The molecule has 1 saturated heterocycles. The quantitative estimate of drug-likeness (QED) is 0.231. The van der Waals surface area contributed by atoms with Gasteiger partial charge in [-0.15, -0.1) is 0 Å². The highest BCUT2D eigenvalue weighted by Crippen LogP contribution is 2.42. The molecule has 6 nitrogen and oxygen atoms in total. The summed E-state index contributed by atoms with van der Waals surface area (Å²) in [7, 11) is 0. The van der Waals surface area contributed by atoms with Crippen LogP contribution in [-0.4, -0.2) is 48.2 Å². The molecule has 9 heteroatoms. The largest absolute Gasteiger partial charge is 0.490 e. The van der Waals surface area contributed by atoms with Crippen LogP contribution in [0.2, 0.25) is 0 Å². The lowest BCUT2D eigenvalue weighted by molar-refractivity contribution is -0.137. The number of ether oxygens (including phenoxy) is 1. The number of aliphatic hydroxyl groups excluding tert-OH is 1. The van der Waals surface area contributed by atoms with Gasteiger partial charge in [-0.05, 0) is 67.2 Å². The number of hydrogen-bond acceptors (Lipinski definition) is 6. The summed E-state index contributed by atoms with van der Waals surface area (Å²) in [5, 5.41) is 18.4. The van der Waals surface area contributed by atoms with Gasteiger partial charge in [0.1, 0.15) is 18.5 Å². The Morgan fingerprint density at radius 1 is 1.00 bits per heavy atom. The summed E-state index contributed by atoms with van der Waals surface area (Å²) in [5.74, 6) is 0.715. The van der Waals surface area contributed by atoms with Crippen molar-refractivity contribution in [2.75, 3.05) is 26.2 Å². The predicted octanol–water partition coefficient (Wildman–Crippen LogP) is 5.54. The van der Waals surface area contributed by atoms with Crippen LogP contribution in [0, 0.1) is 5.92 Å². The fourth-order valence-corrected chi connectivity index (χ4v) is 6.00. The first-order valence-electron chi connectivity index (χ1n) is 13.8. The van der Waals surface area contributed by atoms with Crippen molar-refractivity contribution < 1.29 is 27.8 Å². The Balaban J connectivity index is 1.20. The van der Waals surface area contributed by atoms with Crippen LogP contribution in [0.15, 0.2) is 72.9 Å². The standard InChI is InChI=1S/C32H30F3N3O3/c33-32(34,35)20-8-9-22-24(12-15-37-27(22)16-20)30(19-10-13-36-14-11-19)38-17-21(39)18-41-28-7-3-6-26-29(28)23-4-1-2-5-25(23)31(26)40/h1-9,12,15-16,19,21,30,36,38-39H,10-11,13-14,17-18H2/t21-,30?/m0/s1. The van der Waals surface area contributed by atoms with Crippen molar-refractivity contribution in [2.45, 2.75) is 31.2 Å². The molecule has 3 aromatic carbocycles. The van der Waals surface area contributed by atoms with Crippen LogP contribution < -0.4 is 15.4 Å². The average molecular weight is 562 g/mol. The maximum atomic E-state index is 13.3. The van der Waals surface area contributed by atoms with Gasteiger partial charge in [0, 0.05) is 40.9 Å². The number of fused-ring (bicyclic) bond motifs is 4. The van der Waals surface area contributed by atoms with Gasteiger partial charge < -0.3 is 20.5 Å². The minimum Gasteiger partial charge on any atom is -0.490 e. The van der Waals surface area contributed by atoms with E-state index in [9.17, 15) is 23.1 Å². The molecule has 2 atom stereocenters. The van der Waals surface area contributed by atoms with Crippen LogP contribution in [0.5, 0.6) is 5.75 Å². The molecule has 212 valence electrons. The highest BCUT2D eigenvalue weighted by atomic mass is 19.4. The Morgan fingerprint density at radius 2 is 1.76 bits per heavy atom. The number of pyridine rings is 1. The monoisotopic (exact) mass is 561 g/mol.